The Hall–Kier alpha value is -1.12. The third-order valence-electron chi connectivity index (χ3n) is 4.58. The van der Waals surface area contributed by atoms with E-state index in [1.54, 1.807) is 0 Å². The fourth-order valence-electron chi connectivity index (χ4n) is 3.32. The summed E-state index contributed by atoms with van der Waals surface area (Å²) in [5.41, 5.74) is 5.12. The summed E-state index contributed by atoms with van der Waals surface area (Å²) in [7, 11) is 0. The Morgan fingerprint density at radius 3 is 2.86 bits per heavy atom. The van der Waals surface area contributed by atoms with Crippen molar-refractivity contribution in [2.75, 3.05) is 0 Å². The Kier molecular flexibility index (Phi) is 4.46. The van der Waals surface area contributed by atoms with Crippen molar-refractivity contribution >= 4 is 15.9 Å². The van der Waals surface area contributed by atoms with Crippen LogP contribution in [0.1, 0.15) is 53.5 Å². The van der Waals surface area contributed by atoms with E-state index in [0.717, 1.165) is 16.5 Å². The van der Waals surface area contributed by atoms with Crippen LogP contribution in [0, 0.1) is 6.92 Å². The molecule has 0 spiro atoms. The van der Waals surface area contributed by atoms with E-state index in [1.807, 2.05) is 6.07 Å². The maximum absolute atomic E-state index is 10.6. The molecule has 1 aliphatic rings. The van der Waals surface area contributed by atoms with E-state index in [9.17, 15) is 5.11 Å². The summed E-state index contributed by atoms with van der Waals surface area (Å²) in [6.45, 7) is 2.07. The third kappa shape index (κ3) is 3.22. The highest BCUT2D eigenvalue weighted by Gasteiger charge is 2.23. The van der Waals surface area contributed by atoms with Crippen molar-refractivity contribution in [1.82, 2.24) is 0 Å². The summed E-state index contributed by atoms with van der Waals surface area (Å²) in [6.07, 6.45) is 4.01. The number of aliphatic hydroxyl groups is 1. The van der Waals surface area contributed by atoms with E-state index >= 15 is 0 Å². The lowest BCUT2D eigenvalue weighted by Crippen LogP contribution is -2.13. The molecule has 1 N–H and O–H groups in total. The van der Waals surface area contributed by atoms with Crippen LogP contribution >= 0.6 is 15.9 Å². The maximum atomic E-state index is 10.6. The van der Waals surface area contributed by atoms with Gasteiger partial charge in [-0.25, -0.2) is 0 Å². The van der Waals surface area contributed by atoms with Crippen molar-refractivity contribution < 1.29 is 5.11 Å². The molecule has 2 atom stereocenters. The summed E-state index contributed by atoms with van der Waals surface area (Å²) in [6, 6.07) is 14.9. The number of halogens is 1. The van der Waals surface area contributed by atoms with Crippen molar-refractivity contribution in [3.63, 3.8) is 0 Å². The molecule has 2 aromatic rings. The monoisotopic (exact) mass is 344 g/mol. The van der Waals surface area contributed by atoms with Gasteiger partial charge in [0.05, 0.1) is 6.10 Å². The van der Waals surface area contributed by atoms with Crippen molar-refractivity contribution in [2.45, 2.75) is 44.6 Å². The van der Waals surface area contributed by atoms with Crippen LogP contribution < -0.4 is 0 Å². The average molecular weight is 345 g/mol. The molecule has 2 heteroatoms. The second kappa shape index (κ2) is 6.33. The minimum atomic E-state index is -0.391. The van der Waals surface area contributed by atoms with Crippen LogP contribution in [0.25, 0.3) is 0 Å². The SMILES string of the molecule is Cc1ccc(C(O)CC2CCCc3ccccc32)cc1Br. The first-order chi connectivity index (χ1) is 10.1. The van der Waals surface area contributed by atoms with Crippen LogP contribution in [-0.4, -0.2) is 5.11 Å². The van der Waals surface area contributed by atoms with Crippen LogP contribution in [0.3, 0.4) is 0 Å². The zero-order chi connectivity index (χ0) is 14.8. The summed E-state index contributed by atoms with van der Waals surface area (Å²) >= 11 is 3.55. The van der Waals surface area contributed by atoms with Crippen LogP contribution in [0.5, 0.6) is 0 Å². The zero-order valence-electron chi connectivity index (χ0n) is 12.3. The molecule has 1 nitrogen and oxygen atoms in total. The van der Waals surface area contributed by atoms with Gasteiger partial charge in [0.25, 0.3) is 0 Å². The highest BCUT2D eigenvalue weighted by Crippen LogP contribution is 2.38. The molecule has 0 bridgehead atoms. The molecule has 0 radical (unpaired) electrons. The lowest BCUT2D eigenvalue weighted by molar-refractivity contribution is 0.154. The fraction of sp³-hybridized carbons (Fsp3) is 0.368. The normalized spacial score (nSPS) is 19.1. The standard InChI is InChI=1S/C19H21BrO/c1-13-9-10-16(11-18(13)20)19(21)12-15-7-4-6-14-5-2-3-8-17(14)15/h2-3,5,8-11,15,19,21H,4,6-7,12H2,1H3. The van der Waals surface area contributed by atoms with Crippen LogP contribution in [-0.2, 0) is 6.42 Å². The third-order valence-corrected chi connectivity index (χ3v) is 5.44. The minimum absolute atomic E-state index is 0.391. The fourth-order valence-corrected chi connectivity index (χ4v) is 3.72. The molecule has 2 unspecified atom stereocenters. The van der Waals surface area contributed by atoms with Crippen molar-refractivity contribution in [1.29, 1.82) is 0 Å². The van der Waals surface area contributed by atoms with Crippen LogP contribution in [0.4, 0.5) is 0 Å². The van der Waals surface area contributed by atoms with E-state index in [0.29, 0.717) is 5.92 Å². The second-order valence-corrected chi connectivity index (χ2v) is 6.90. The summed E-state index contributed by atoms with van der Waals surface area (Å²) in [5, 5.41) is 10.6. The molecule has 0 heterocycles. The van der Waals surface area contributed by atoms with Gasteiger partial charge in [-0.3, -0.25) is 0 Å². The first-order valence-electron chi connectivity index (χ1n) is 7.67. The smallest absolute Gasteiger partial charge is 0.0796 e. The number of fused-ring (bicyclic) bond motifs is 1. The first kappa shape index (κ1) is 14.8. The molecular weight excluding hydrogens is 324 g/mol. The van der Waals surface area contributed by atoms with Crippen molar-refractivity contribution in [3.8, 4) is 0 Å². The predicted octanol–water partition coefficient (Wildman–Crippen LogP) is 5.30. The molecule has 0 saturated carbocycles. The number of hydrogen-bond acceptors (Lipinski definition) is 1. The quantitative estimate of drug-likeness (QED) is 0.800. The Morgan fingerprint density at radius 2 is 2.05 bits per heavy atom. The minimum Gasteiger partial charge on any atom is -0.388 e. The van der Waals surface area contributed by atoms with Gasteiger partial charge >= 0.3 is 0 Å². The molecule has 0 aromatic heterocycles. The van der Waals surface area contributed by atoms with Crippen LogP contribution in [0.15, 0.2) is 46.9 Å². The molecule has 0 fully saturated rings. The van der Waals surface area contributed by atoms with Crippen LogP contribution in [0.2, 0.25) is 0 Å². The van der Waals surface area contributed by atoms with Gasteiger partial charge in [0.15, 0.2) is 0 Å². The Balaban J connectivity index is 1.79. The van der Waals surface area contributed by atoms with E-state index in [4.69, 9.17) is 0 Å². The Labute approximate surface area is 135 Å². The van der Waals surface area contributed by atoms with E-state index in [2.05, 4.69) is 59.3 Å². The van der Waals surface area contributed by atoms with Gasteiger partial charge in [-0.15, -0.1) is 0 Å². The highest BCUT2D eigenvalue weighted by atomic mass is 79.9. The van der Waals surface area contributed by atoms with E-state index in [1.165, 1.54) is 36.0 Å². The summed E-state index contributed by atoms with van der Waals surface area (Å²) < 4.78 is 1.07. The molecular formula is C19H21BrO. The predicted molar refractivity (Wildman–Crippen MR) is 90.6 cm³/mol. The first-order valence-corrected chi connectivity index (χ1v) is 8.46. The zero-order valence-corrected chi connectivity index (χ0v) is 13.9. The Bertz CT molecular complexity index is 635. The lowest BCUT2D eigenvalue weighted by atomic mass is 9.79. The highest BCUT2D eigenvalue weighted by molar-refractivity contribution is 9.10. The molecule has 0 amide bonds. The molecule has 0 saturated heterocycles. The van der Waals surface area contributed by atoms with E-state index in [-0.39, 0.29) is 0 Å². The number of benzene rings is 2. The van der Waals surface area contributed by atoms with Gasteiger partial charge in [0.2, 0.25) is 0 Å². The molecule has 21 heavy (non-hydrogen) atoms. The molecule has 0 aliphatic heterocycles. The summed E-state index contributed by atoms with van der Waals surface area (Å²) in [4.78, 5) is 0. The van der Waals surface area contributed by atoms with Gasteiger partial charge < -0.3 is 5.11 Å². The molecule has 2 aromatic carbocycles. The summed E-state index contributed by atoms with van der Waals surface area (Å²) in [5.74, 6) is 0.477. The number of rotatable bonds is 3. The van der Waals surface area contributed by atoms with Gasteiger partial charge in [-0.1, -0.05) is 52.3 Å². The van der Waals surface area contributed by atoms with Gasteiger partial charge in [-0.2, -0.15) is 0 Å². The molecule has 1 aliphatic carbocycles. The number of aliphatic hydroxyl groups excluding tert-OH is 1. The molecule has 3 rings (SSSR count). The largest absolute Gasteiger partial charge is 0.388 e. The second-order valence-electron chi connectivity index (χ2n) is 6.05. The topological polar surface area (TPSA) is 20.2 Å². The molecule has 110 valence electrons. The maximum Gasteiger partial charge on any atom is 0.0796 e. The van der Waals surface area contributed by atoms with Gasteiger partial charge in [-0.05, 0) is 66.8 Å². The number of hydrogen-bond donors (Lipinski definition) is 1. The van der Waals surface area contributed by atoms with E-state index < -0.39 is 6.10 Å². The van der Waals surface area contributed by atoms with Gasteiger partial charge in [0.1, 0.15) is 0 Å². The lowest BCUT2D eigenvalue weighted by Gasteiger charge is -2.27. The van der Waals surface area contributed by atoms with Gasteiger partial charge in [0, 0.05) is 4.47 Å². The van der Waals surface area contributed by atoms with Crippen molar-refractivity contribution in [3.05, 3.63) is 69.2 Å². The van der Waals surface area contributed by atoms with Crippen molar-refractivity contribution in [2.24, 2.45) is 0 Å². The Morgan fingerprint density at radius 1 is 1.24 bits per heavy atom. The number of aryl methyl sites for hydroxylation is 2. The average Bonchev–Trinajstić information content (AvgIpc) is 2.50.